The molecule has 4 heteroatoms. The summed E-state index contributed by atoms with van der Waals surface area (Å²) in [5.41, 5.74) is 0.646. The number of hydrogen-bond donors (Lipinski definition) is 2. The van der Waals surface area contributed by atoms with Gasteiger partial charge in [0.2, 0.25) is 0 Å². The van der Waals surface area contributed by atoms with Crippen LogP contribution in [0, 0.1) is 0 Å². The highest BCUT2D eigenvalue weighted by molar-refractivity contribution is 7.80. The first-order valence-electron chi connectivity index (χ1n) is 6.34. The number of benzene rings is 1. The van der Waals surface area contributed by atoms with Gasteiger partial charge in [-0.05, 0) is 37.1 Å². The smallest absolute Gasteiger partial charge is 0.253 e. The molecule has 0 saturated heterocycles. The molecule has 1 saturated carbocycles. The summed E-state index contributed by atoms with van der Waals surface area (Å²) in [5, 5.41) is 9.97. The van der Waals surface area contributed by atoms with Crippen LogP contribution in [0.4, 0.5) is 0 Å². The number of carbonyl (C=O) groups is 1. The van der Waals surface area contributed by atoms with Gasteiger partial charge in [-0.2, -0.15) is 0 Å². The molecule has 1 amide bonds. The maximum Gasteiger partial charge on any atom is 0.253 e. The van der Waals surface area contributed by atoms with Crippen LogP contribution in [0.3, 0.4) is 0 Å². The number of amides is 1. The Morgan fingerprint density at radius 2 is 1.89 bits per heavy atom. The van der Waals surface area contributed by atoms with E-state index in [-0.39, 0.29) is 11.9 Å². The molecule has 2 unspecified atom stereocenters. The van der Waals surface area contributed by atoms with Crippen molar-refractivity contribution >= 4 is 18.5 Å². The lowest BCUT2D eigenvalue weighted by Crippen LogP contribution is -2.46. The summed E-state index contributed by atoms with van der Waals surface area (Å²) in [7, 11) is 1.77. The zero-order chi connectivity index (χ0) is 13.1. The highest BCUT2D eigenvalue weighted by atomic mass is 32.1. The Morgan fingerprint density at radius 1 is 1.28 bits per heavy atom. The van der Waals surface area contributed by atoms with E-state index in [0.29, 0.717) is 5.56 Å². The fourth-order valence-corrected chi connectivity index (χ4v) is 2.65. The molecule has 2 rings (SSSR count). The zero-order valence-corrected chi connectivity index (χ0v) is 11.4. The lowest BCUT2D eigenvalue weighted by atomic mass is 9.91. The van der Waals surface area contributed by atoms with Gasteiger partial charge >= 0.3 is 0 Å². The van der Waals surface area contributed by atoms with Gasteiger partial charge in [-0.1, -0.05) is 12.8 Å². The van der Waals surface area contributed by atoms with Gasteiger partial charge in [0.05, 0.1) is 12.1 Å². The number of thiol groups is 1. The number of carbonyl (C=O) groups excluding carboxylic acids is 1. The van der Waals surface area contributed by atoms with Crippen molar-refractivity contribution < 1.29 is 9.90 Å². The van der Waals surface area contributed by atoms with E-state index in [1.165, 1.54) is 0 Å². The molecule has 1 N–H and O–H groups in total. The quantitative estimate of drug-likeness (QED) is 0.806. The van der Waals surface area contributed by atoms with E-state index in [0.717, 1.165) is 30.6 Å². The average Bonchev–Trinajstić information content (AvgIpc) is 2.38. The van der Waals surface area contributed by atoms with Crippen molar-refractivity contribution in [3.05, 3.63) is 29.8 Å². The average molecular weight is 265 g/mol. The van der Waals surface area contributed by atoms with Gasteiger partial charge < -0.3 is 10.0 Å². The fraction of sp³-hybridized carbons (Fsp3) is 0.500. The number of aliphatic hydroxyl groups is 1. The Labute approximate surface area is 113 Å². The molecule has 0 aromatic heterocycles. The zero-order valence-electron chi connectivity index (χ0n) is 10.5. The van der Waals surface area contributed by atoms with Crippen molar-refractivity contribution in [2.24, 2.45) is 0 Å². The van der Waals surface area contributed by atoms with E-state index in [1.807, 2.05) is 12.1 Å². The molecule has 1 fully saturated rings. The first kappa shape index (κ1) is 13.4. The second kappa shape index (κ2) is 5.76. The van der Waals surface area contributed by atoms with Crippen LogP contribution in [0.25, 0.3) is 0 Å². The summed E-state index contributed by atoms with van der Waals surface area (Å²) in [4.78, 5) is 14.8. The van der Waals surface area contributed by atoms with Gasteiger partial charge in [-0.15, -0.1) is 12.6 Å². The van der Waals surface area contributed by atoms with Gasteiger partial charge in [0.15, 0.2) is 0 Å². The summed E-state index contributed by atoms with van der Waals surface area (Å²) in [5.74, 6) is -0.0331. The SMILES string of the molecule is CN(C(=O)c1ccc(S)cc1)C1CCCCC1O. The van der Waals surface area contributed by atoms with Crippen LogP contribution in [0.5, 0.6) is 0 Å². The van der Waals surface area contributed by atoms with Crippen LogP contribution >= 0.6 is 12.6 Å². The lowest BCUT2D eigenvalue weighted by molar-refractivity contribution is 0.0268. The summed E-state index contributed by atoms with van der Waals surface area (Å²) in [6.07, 6.45) is 3.41. The Hall–Kier alpha value is -1.00. The number of rotatable bonds is 2. The largest absolute Gasteiger partial charge is 0.391 e. The summed E-state index contributed by atoms with van der Waals surface area (Å²) < 4.78 is 0. The third kappa shape index (κ3) is 2.87. The van der Waals surface area contributed by atoms with E-state index >= 15 is 0 Å². The normalized spacial score (nSPS) is 23.7. The van der Waals surface area contributed by atoms with Crippen molar-refractivity contribution in [1.82, 2.24) is 4.90 Å². The van der Waals surface area contributed by atoms with Gasteiger partial charge in [-0.3, -0.25) is 4.79 Å². The number of aliphatic hydroxyl groups excluding tert-OH is 1. The van der Waals surface area contributed by atoms with E-state index in [9.17, 15) is 9.90 Å². The van der Waals surface area contributed by atoms with Crippen LogP contribution in [0.2, 0.25) is 0 Å². The molecule has 0 heterocycles. The van der Waals surface area contributed by atoms with Crippen molar-refractivity contribution in [2.45, 2.75) is 42.7 Å². The minimum absolute atomic E-state index is 0.0331. The first-order valence-corrected chi connectivity index (χ1v) is 6.78. The van der Waals surface area contributed by atoms with Crippen molar-refractivity contribution in [3.63, 3.8) is 0 Å². The third-order valence-corrected chi connectivity index (χ3v) is 3.92. The molecule has 0 radical (unpaired) electrons. The molecule has 1 aromatic rings. The maximum atomic E-state index is 12.3. The lowest BCUT2D eigenvalue weighted by Gasteiger charge is -2.35. The number of likely N-dealkylation sites (N-methyl/N-ethyl adjacent to an activating group) is 1. The van der Waals surface area contributed by atoms with Crippen molar-refractivity contribution in [2.75, 3.05) is 7.05 Å². The second-order valence-corrected chi connectivity index (χ2v) is 5.40. The summed E-state index contributed by atoms with van der Waals surface area (Å²) in [6, 6.07) is 7.11. The second-order valence-electron chi connectivity index (χ2n) is 4.88. The van der Waals surface area contributed by atoms with E-state index in [4.69, 9.17) is 0 Å². The van der Waals surface area contributed by atoms with Crippen molar-refractivity contribution in [1.29, 1.82) is 0 Å². The van der Waals surface area contributed by atoms with Crippen molar-refractivity contribution in [3.8, 4) is 0 Å². The van der Waals surface area contributed by atoms with Gasteiger partial charge in [0, 0.05) is 17.5 Å². The Balaban J connectivity index is 2.10. The van der Waals surface area contributed by atoms with Crippen LogP contribution in [0.15, 0.2) is 29.2 Å². The van der Waals surface area contributed by atoms with Gasteiger partial charge in [0.25, 0.3) is 5.91 Å². The highest BCUT2D eigenvalue weighted by Crippen LogP contribution is 2.23. The summed E-state index contributed by atoms with van der Waals surface area (Å²) >= 11 is 4.20. The summed E-state index contributed by atoms with van der Waals surface area (Å²) in [6.45, 7) is 0. The Bertz CT molecular complexity index is 418. The Kier molecular flexibility index (Phi) is 4.30. The minimum Gasteiger partial charge on any atom is -0.391 e. The minimum atomic E-state index is -0.392. The number of nitrogens with zero attached hydrogens (tertiary/aromatic N) is 1. The third-order valence-electron chi connectivity index (χ3n) is 3.63. The predicted molar refractivity (Wildman–Crippen MR) is 74.1 cm³/mol. The molecular weight excluding hydrogens is 246 g/mol. The molecular formula is C14H19NO2S. The standard InChI is InChI=1S/C14H19NO2S/c1-15(12-4-2-3-5-13(12)16)14(17)10-6-8-11(18)9-7-10/h6-9,12-13,16,18H,2-5H2,1H3. The van der Waals surface area contributed by atoms with E-state index < -0.39 is 6.10 Å². The topological polar surface area (TPSA) is 40.5 Å². The van der Waals surface area contributed by atoms with E-state index in [2.05, 4.69) is 12.6 Å². The van der Waals surface area contributed by atoms with Gasteiger partial charge in [-0.25, -0.2) is 0 Å². The van der Waals surface area contributed by atoms with Gasteiger partial charge in [0.1, 0.15) is 0 Å². The predicted octanol–water partition coefficient (Wildman–Crippen LogP) is 2.35. The van der Waals surface area contributed by atoms with Crippen LogP contribution < -0.4 is 0 Å². The van der Waals surface area contributed by atoms with E-state index in [1.54, 1.807) is 24.1 Å². The fourth-order valence-electron chi connectivity index (χ4n) is 2.50. The molecule has 98 valence electrons. The molecule has 18 heavy (non-hydrogen) atoms. The molecule has 1 aromatic carbocycles. The van der Waals surface area contributed by atoms with Crippen LogP contribution in [-0.4, -0.2) is 35.1 Å². The molecule has 3 nitrogen and oxygen atoms in total. The molecule has 1 aliphatic carbocycles. The monoisotopic (exact) mass is 265 g/mol. The first-order chi connectivity index (χ1) is 8.59. The number of hydrogen-bond acceptors (Lipinski definition) is 3. The molecule has 0 bridgehead atoms. The van der Waals surface area contributed by atoms with Crippen LogP contribution in [0.1, 0.15) is 36.0 Å². The molecule has 1 aliphatic rings. The molecule has 2 atom stereocenters. The molecule has 0 spiro atoms. The maximum absolute atomic E-state index is 12.3. The molecule has 0 aliphatic heterocycles. The van der Waals surface area contributed by atoms with Crippen LogP contribution in [-0.2, 0) is 0 Å². The highest BCUT2D eigenvalue weighted by Gasteiger charge is 2.29. The Morgan fingerprint density at radius 3 is 2.50 bits per heavy atom.